The third-order valence-corrected chi connectivity index (χ3v) is 6.39. The van der Waals surface area contributed by atoms with E-state index in [9.17, 15) is 13.6 Å². The molecule has 1 atom stereocenters. The van der Waals surface area contributed by atoms with E-state index in [2.05, 4.69) is 10.2 Å². The monoisotopic (exact) mass is 442 g/mol. The van der Waals surface area contributed by atoms with Gasteiger partial charge in [-0.05, 0) is 31.9 Å². The predicted octanol–water partition coefficient (Wildman–Crippen LogP) is 5.10. The number of carbonyl (C=O) groups excluding carboxylic acids is 1. The number of nitrogens with zero attached hydrogens (tertiary/aromatic N) is 4. The summed E-state index contributed by atoms with van der Waals surface area (Å²) in [5.41, 5.74) is 0.888. The quantitative estimate of drug-likeness (QED) is 0.516. The summed E-state index contributed by atoms with van der Waals surface area (Å²) < 4.78 is 29.8. The lowest BCUT2D eigenvalue weighted by Gasteiger charge is -2.23. The number of aromatic nitrogens is 3. The minimum atomic E-state index is -0.717. The fourth-order valence-corrected chi connectivity index (χ4v) is 4.70. The van der Waals surface area contributed by atoms with Crippen LogP contribution in [0.2, 0.25) is 0 Å². The summed E-state index contributed by atoms with van der Waals surface area (Å²) >= 11 is 1.24. The molecule has 2 heterocycles. The summed E-state index contributed by atoms with van der Waals surface area (Å²) in [5.74, 6) is -0.898. The standard InChI is InChI=1S/C23H24F2N4OS/c1-16(22(30)28-13-7-2-3-8-14-28)31-23-27-26-21(17-9-5-4-6-10-17)29(23)20-12-11-18(24)15-19(20)25/h4-6,9-12,15-16H,2-3,7-8,13-14H2,1H3. The van der Waals surface area contributed by atoms with Crippen LogP contribution in [0.4, 0.5) is 8.78 Å². The van der Waals surface area contributed by atoms with Crippen molar-refractivity contribution >= 4 is 17.7 Å². The first-order chi connectivity index (χ1) is 15.0. The maximum Gasteiger partial charge on any atom is 0.235 e. The number of hydrogen-bond donors (Lipinski definition) is 0. The van der Waals surface area contributed by atoms with E-state index < -0.39 is 16.9 Å². The molecule has 1 aromatic heterocycles. The molecule has 162 valence electrons. The SMILES string of the molecule is CC(Sc1nnc(-c2ccccc2)n1-c1ccc(F)cc1F)C(=O)N1CCCCCC1. The molecule has 1 unspecified atom stereocenters. The van der Waals surface area contributed by atoms with Crippen LogP contribution in [-0.2, 0) is 4.79 Å². The number of likely N-dealkylation sites (tertiary alicyclic amines) is 1. The molecule has 8 heteroatoms. The molecular formula is C23H24F2N4OS. The van der Waals surface area contributed by atoms with Gasteiger partial charge in [-0.25, -0.2) is 8.78 Å². The lowest BCUT2D eigenvalue weighted by molar-refractivity contribution is -0.130. The maximum absolute atomic E-state index is 14.7. The Morgan fingerprint density at radius 1 is 1.00 bits per heavy atom. The van der Waals surface area contributed by atoms with Gasteiger partial charge >= 0.3 is 0 Å². The number of amides is 1. The molecule has 0 saturated carbocycles. The first kappa shape index (κ1) is 21.5. The molecule has 1 aliphatic heterocycles. The summed E-state index contributed by atoms with van der Waals surface area (Å²) in [5, 5.41) is 8.52. The number of carbonyl (C=O) groups is 1. The Hall–Kier alpha value is -2.74. The Labute approximate surface area is 184 Å². The van der Waals surface area contributed by atoms with E-state index in [1.807, 2.05) is 42.2 Å². The van der Waals surface area contributed by atoms with Gasteiger partial charge in [0.05, 0.1) is 10.9 Å². The Kier molecular flexibility index (Phi) is 6.65. The van der Waals surface area contributed by atoms with Crippen LogP contribution in [0.15, 0.2) is 53.7 Å². The maximum atomic E-state index is 14.7. The van der Waals surface area contributed by atoms with E-state index in [0.717, 1.165) is 50.4 Å². The van der Waals surface area contributed by atoms with Crippen LogP contribution in [0.25, 0.3) is 17.1 Å². The molecule has 0 bridgehead atoms. The van der Waals surface area contributed by atoms with Crippen LogP contribution < -0.4 is 0 Å². The Bertz CT molecular complexity index is 1050. The van der Waals surface area contributed by atoms with Gasteiger partial charge in [-0.1, -0.05) is 54.9 Å². The number of halogens is 2. The summed E-state index contributed by atoms with van der Waals surface area (Å²) in [6.45, 7) is 3.36. The second-order valence-corrected chi connectivity index (χ2v) is 8.91. The molecule has 1 aliphatic rings. The molecule has 1 saturated heterocycles. The number of thioether (sulfide) groups is 1. The fourth-order valence-electron chi connectivity index (χ4n) is 3.76. The van der Waals surface area contributed by atoms with Crippen LogP contribution in [0.3, 0.4) is 0 Å². The zero-order chi connectivity index (χ0) is 21.8. The molecule has 2 aromatic carbocycles. The van der Waals surface area contributed by atoms with E-state index in [4.69, 9.17) is 0 Å². The molecular weight excluding hydrogens is 418 g/mol. The molecule has 3 aromatic rings. The Morgan fingerprint density at radius 3 is 2.39 bits per heavy atom. The van der Waals surface area contributed by atoms with Crippen molar-refractivity contribution in [1.82, 2.24) is 19.7 Å². The van der Waals surface area contributed by atoms with Crippen molar-refractivity contribution in [3.8, 4) is 17.1 Å². The molecule has 1 amide bonds. The minimum absolute atomic E-state index is 0.0438. The van der Waals surface area contributed by atoms with Gasteiger partial charge in [-0.15, -0.1) is 10.2 Å². The largest absolute Gasteiger partial charge is 0.342 e. The summed E-state index contributed by atoms with van der Waals surface area (Å²) in [7, 11) is 0. The summed E-state index contributed by atoms with van der Waals surface area (Å²) in [6, 6.07) is 12.7. The van der Waals surface area contributed by atoms with Crippen molar-refractivity contribution in [2.45, 2.75) is 43.0 Å². The first-order valence-electron chi connectivity index (χ1n) is 10.5. The minimum Gasteiger partial charge on any atom is -0.342 e. The topological polar surface area (TPSA) is 51.0 Å². The van der Waals surface area contributed by atoms with Crippen LogP contribution in [-0.4, -0.2) is 43.9 Å². The molecule has 1 fully saturated rings. The van der Waals surface area contributed by atoms with Crippen molar-refractivity contribution in [1.29, 1.82) is 0 Å². The highest BCUT2D eigenvalue weighted by Crippen LogP contribution is 2.32. The van der Waals surface area contributed by atoms with Gasteiger partial charge in [0.1, 0.15) is 11.6 Å². The average Bonchev–Trinajstić information content (AvgIpc) is 2.98. The second-order valence-electron chi connectivity index (χ2n) is 7.60. The van der Waals surface area contributed by atoms with Crippen molar-refractivity contribution in [3.63, 3.8) is 0 Å². The zero-order valence-corrected chi connectivity index (χ0v) is 18.1. The highest BCUT2D eigenvalue weighted by Gasteiger charge is 2.26. The summed E-state index contributed by atoms with van der Waals surface area (Å²) in [6.07, 6.45) is 4.31. The van der Waals surface area contributed by atoms with Gasteiger partial charge in [-0.2, -0.15) is 0 Å². The van der Waals surface area contributed by atoms with Crippen LogP contribution in [0.5, 0.6) is 0 Å². The van der Waals surface area contributed by atoms with E-state index in [1.165, 1.54) is 23.9 Å². The van der Waals surface area contributed by atoms with Gasteiger partial charge in [0, 0.05) is 24.7 Å². The van der Waals surface area contributed by atoms with E-state index >= 15 is 0 Å². The van der Waals surface area contributed by atoms with Crippen molar-refractivity contribution < 1.29 is 13.6 Å². The number of benzene rings is 2. The van der Waals surface area contributed by atoms with E-state index in [1.54, 1.807) is 4.57 Å². The van der Waals surface area contributed by atoms with Gasteiger partial charge in [0.2, 0.25) is 5.91 Å². The fraction of sp³-hybridized carbons (Fsp3) is 0.348. The van der Waals surface area contributed by atoms with Crippen molar-refractivity contribution in [2.75, 3.05) is 13.1 Å². The normalized spacial score (nSPS) is 15.5. The molecule has 4 rings (SSSR count). The van der Waals surface area contributed by atoms with E-state index in [-0.39, 0.29) is 11.6 Å². The van der Waals surface area contributed by atoms with Gasteiger partial charge in [0.15, 0.2) is 11.0 Å². The van der Waals surface area contributed by atoms with E-state index in [0.29, 0.717) is 11.0 Å². The van der Waals surface area contributed by atoms with Gasteiger partial charge in [0.25, 0.3) is 0 Å². The molecule has 31 heavy (non-hydrogen) atoms. The first-order valence-corrected chi connectivity index (χ1v) is 11.3. The smallest absolute Gasteiger partial charge is 0.235 e. The Morgan fingerprint density at radius 2 is 1.71 bits per heavy atom. The van der Waals surface area contributed by atoms with Gasteiger partial charge in [-0.3, -0.25) is 9.36 Å². The lowest BCUT2D eigenvalue weighted by Crippen LogP contribution is -2.37. The lowest BCUT2D eigenvalue weighted by atomic mass is 10.2. The number of rotatable bonds is 5. The van der Waals surface area contributed by atoms with Crippen molar-refractivity contribution in [3.05, 3.63) is 60.2 Å². The molecule has 0 spiro atoms. The zero-order valence-electron chi connectivity index (χ0n) is 17.3. The number of hydrogen-bond acceptors (Lipinski definition) is 4. The highest BCUT2D eigenvalue weighted by molar-refractivity contribution is 8.00. The van der Waals surface area contributed by atoms with Gasteiger partial charge < -0.3 is 4.90 Å². The predicted molar refractivity (Wildman–Crippen MR) is 117 cm³/mol. The molecule has 5 nitrogen and oxygen atoms in total. The Balaban J connectivity index is 1.69. The van der Waals surface area contributed by atoms with Crippen LogP contribution in [0.1, 0.15) is 32.6 Å². The second kappa shape index (κ2) is 9.60. The third kappa shape index (κ3) is 4.79. The van der Waals surface area contributed by atoms with Crippen LogP contribution in [0, 0.1) is 11.6 Å². The molecule has 0 N–H and O–H groups in total. The van der Waals surface area contributed by atoms with Crippen molar-refractivity contribution in [2.24, 2.45) is 0 Å². The van der Waals surface area contributed by atoms with Crippen LogP contribution >= 0.6 is 11.8 Å². The molecule has 0 aliphatic carbocycles. The third-order valence-electron chi connectivity index (χ3n) is 5.36. The summed E-state index contributed by atoms with van der Waals surface area (Å²) in [4.78, 5) is 14.9. The highest BCUT2D eigenvalue weighted by atomic mass is 32.2. The molecule has 0 radical (unpaired) electrons. The average molecular weight is 443 g/mol.